The van der Waals surface area contributed by atoms with Crippen LogP contribution in [0.1, 0.15) is 30.6 Å². The molecule has 3 rings (SSSR count). The number of thiophene rings is 1. The van der Waals surface area contributed by atoms with Gasteiger partial charge in [0.15, 0.2) is 0 Å². The number of nitrogens with zero attached hydrogens (tertiary/aromatic N) is 1. The van der Waals surface area contributed by atoms with E-state index in [1.807, 2.05) is 17.5 Å². The molecule has 1 saturated heterocycles. The molecule has 0 aliphatic carbocycles. The van der Waals surface area contributed by atoms with Gasteiger partial charge < -0.3 is 5.32 Å². The van der Waals surface area contributed by atoms with Crippen LogP contribution >= 0.6 is 11.3 Å². The highest BCUT2D eigenvalue weighted by Gasteiger charge is 2.24. The Hall–Kier alpha value is -1.96. The van der Waals surface area contributed by atoms with Crippen molar-refractivity contribution in [3.05, 3.63) is 52.7 Å². The summed E-state index contributed by atoms with van der Waals surface area (Å²) in [6.45, 7) is 1.16. The van der Waals surface area contributed by atoms with Crippen LogP contribution in [0.5, 0.6) is 0 Å². The zero-order chi connectivity index (χ0) is 18.4. The van der Waals surface area contributed by atoms with Gasteiger partial charge in [0.05, 0.1) is 4.90 Å². The minimum Gasteiger partial charge on any atom is -0.323 e. The lowest BCUT2D eigenvalue weighted by molar-refractivity contribution is -0.111. The van der Waals surface area contributed by atoms with Gasteiger partial charge in [-0.25, -0.2) is 8.42 Å². The zero-order valence-electron chi connectivity index (χ0n) is 14.4. The maximum atomic E-state index is 12.7. The van der Waals surface area contributed by atoms with Gasteiger partial charge in [0.25, 0.3) is 0 Å². The molecule has 1 aliphatic rings. The van der Waals surface area contributed by atoms with E-state index in [4.69, 9.17) is 0 Å². The van der Waals surface area contributed by atoms with Crippen molar-refractivity contribution < 1.29 is 13.2 Å². The molecule has 1 aromatic heterocycles. The van der Waals surface area contributed by atoms with Crippen LogP contribution in [-0.4, -0.2) is 31.7 Å². The van der Waals surface area contributed by atoms with Gasteiger partial charge in [-0.3, -0.25) is 4.79 Å². The van der Waals surface area contributed by atoms with Crippen molar-refractivity contribution in [3.8, 4) is 0 Å². The van der Waals surface area contributed by atoms with Crippen LogP contribution in [0.25, 0.3) is 6.08 Å². The molecule has 138 valence electrons. The highest BCUT2D eigenvalue weighted by molar-refractivity contribution is 7.89. The monoisotopic (exact) mass is 390 g/mol. The van der Waals surface area contributed by atoms with E-state index in [1.165, 1.54) is 6.08 Å². The molecule has 1 fully saturated rings. The Morgan fingerprint density at radius 2 is 1.73 bits per heavy atom. The second kappa shape index (κ2) is 8.62. The molecule has 5 nitrogen and oxygen atoms in total. The van der Waals surface area contributed by atoms with E-state index in [2.05, 4.69) is 5.32 Å². The van der Waals surface area contributed by atoms with Gasteiger partial charge in [-0.2, -0.15) is 4.31 Å². The van der Waals surface area contributed by atoms with E-state index in [9.17, 15) is 13.2 Å². The van der Waals surface area contributed by atoms with Gasteiger partial charge in [0, 0.05) is 29.7 Å². The van der Waals surface area contributed by atoms with E-state index in [0.717, 1.165) is 30.6 Å². The van der Waals surface area contributed by atoms with Crippen LogP contribution < -0.4 is 5.32 Å². The Balaban J connectivity index is 1.65. The summed E-state index contributed by atoms with van der Waals surface area (Å²) in [5.74, 6) is -0.249. The number of sulfonamides is 1. The minimum absolute atomic E-state index is 0.249. The molecule has 0 saturated carbocycles. The number of benzene rings is 1. The maximum absolute atomic E-state index is 12.7. The van der Waals surface area contributed by atoms with E-state index < -0.39 is 10.0 Å². The third-order valence-electron chi connectivity index (χ3n) is 4.27. The topological polar surface area (TPSA) is 66.5 Å². The number of amides is 1. The van der Waals surface area contributed by atoms with Gasteiger partial charge in [-0.1, -0.05) is 18.9 Å². The standard InChI is InChI=1S/C19H22N2O3S2/c22-19(12-9-17-6-5-15-25-17)20-16-7-10-18(11-8-16)26(23,24)21-13-3-1-2-4-14-21/h5-12,15H,1-4,13-14H2,(H,20,22)/b12-9-. The van der Waals surface area contributed by atoms with Crippen molar-refractivity contribution in [3.63, 3.8) is 0 Å². The highest BCUT2D eigenvalue weighted by Crippen LogP contribution is 2.22. The number of hydrogen-bond donors (Lipinski definition) is 1. The summed E-state index contributed by atoms with van der Waals surface area (Å²) in [6, 6.07) is 10.2. The number of rotatable bonds is 5. The van der Waals surface area contributed by atoms with Gasteiger partial charge in [-0.15, -0.1) is 11.3 Å². The first-order chi connectivity index (χ1) is 12.6. The average Bonchev–Trinajstić information content (AvgIpc) is 3.00. The first kappa shape index (κ1) is 18.8. The number of anilines is 1. The van der Waals surface area contributed by atoms with Gasteiger partial charge in [0.1, 0.15) is 0 Å². The largest absolute Gasteiger partial charge is 0.323 e. The molecule has 26 heavy (non-hydrogen) atoms. The number of carbonyl (C=O) groups excluding carboxylic acids is 1. The third kappa shape index (κ3) is 4.81. The molecule has 1 aromatic carbocycles. The molecular formula is C19H22N2O3S2. The Kier molecular flexibility index (Phi) is 6.24. The molecular weight excluding hydrogens is 368 g/mol. The molecule has 0 bridgehead atoms. The van der Waals surface area contributed by atoms with Gasteiger partial charge >= 0.3 is 0 Å². The zero-order valence-corrected chi connectivity index (χ0v) is 16.1. The van der Waals surface area contributed by atoms with E-state index in [1.54, 1.807) is 46.0 Å². The lowest BCUT2D eigenvalue weighted by Crippen LogP contribution is -2.31. The molecule has 2 aromatic rings. The summed E-state index contributed by atoms with van der Waals surface area (Å²) >= 11 is 1.55. The fraction of sp³-hybridized carbons (Fsp3) is 0.316. The fourth-order valence-corrected chi connectivity index (χ4v) is 5.00. The molecule has 1 aliphatic heterocycles. The van der Waals surface area contributed by atoms with Crippen LogP contribution in [-0.2, 0) is 14.8 Å². The van der Waals surface area contributed by atoms with E-state index >= 15 is 0 Å². The van der Waals surface area contributed by atoms with Crippen LogP contribution in [0.2, 0.25) is 0 Å². The summed E-state index contributed by atoms with van der Waals surface area (Å²) in [4.78, 5) is 13.2. The van der Waals surface area contributed by atoms with Crippen molar-refractivity contribution >= 4 is 39.0 Å². The smallest absolute Gasteiger partial charge is 0.248 e. The first-order valence-corrected chi connectivity index (χ1v) is 11.0. The van der Waals surface area contributed by atoms with Crippen molar-refractivity contribution in [1.29, 1.82) is 0 Å². The van der Waals surface area contributed by atoms with Crippen molar-refractivity contribution in [2.75, 3.05) is 18.4 Å². The second-order valence-corrected chi connectivity index (χ2v) is 9.10. The van der Waals surface area contributed by atoms with Crippen molar-refractivity contribution in [2.24, 2.45) is 0 Å². The molecule has 7 heteroatoms. The predicted octanol–water partition coefficient (Wildman–Crippen LogP) is 3.96. The molecule has 0 radical (unpaired) electrons. The van der Waals surface area contributed by atoms with Crippen LogP contribution in [0.4, 0.5) is 5.69 Å². The van der Waals surface area contributed by atoms with Crippen LogP contribution in [0.15, 0.2) is 52.7 Å². The summed E-state index contributed by atoms with van der Waals surface area (Å²) in [7, 11) is -3.46. The highest BCUT2D eigenvalue weighted by atomic mass is 32.2. The average molecular weight is 391 g/mol. The first-order valence-electron chi connectivity index (χ1n) is 8.68. The normalized spacial score (nSPS) is 16.5. The Morgan fingerprint density at radius 3 is 2.35 bits per heavy atom. The van der Waals surface area contributed by atoms with E-state index in [0.29, 0.717) is 18.8 Å². The molecule has 1 amide bonds. The second-order valence-electron chi connectivity index (χ2n) is 6.18. The predicted molar refractivity (Wildman–Crippen MR) is 106 cm³/mol. The number of carbonyl (C=O) groups is 1. The third-order valence-corrected chi connectivity index (χ3v) is 7.02. The van der Waals surface area contributed by atoms with Crippen LogP contribution in [0, 0.1) is 0 Å². The molecule has 0 unspecified atom stereocenters. The maximum Gasteiger partial charge on any atom is 0.248 e. The lowest BCUT2D eigenvalue weighted by atomic mass is 10.2. The summed E-state index contributed by atoms with van der Waals surface area (Å²) in [6.07, 6.45) is 7.19. The quantitative estimate of drug-likeness (QED) is 0.786. The number of nitrogens with one attached hydrogen (secondary N) is 1. The lowest BCUT2D eigenvalue weighted by Gasteiger charge is -2.20. The molecule has 0 atom stereocenters. The SMILES string of the molecule is O=C(/C=C\c1cccs1)Nc1ccc(S(=O)(=O)N2CCCCCC2)cc1. The van der Waals surface area contributed by atoms with Crippen molar-refractivity contribution in [2.45, 2.75) is 30.6 Å². The Morgan fingerprint density at radius 1 is 1.04 bits per heavy atom. The molecule has 0 spiro atoms. The summed E-state index contributed by atoms with van der Waals surface area (Å²) in [5.41, 5.74) is 0.570. The summed E-state index contributed by atoms with van der Waals surface area (Å²) < 4.78 is 27.0. The van der Waals surface area contributed by atoms with Gasteiger partial charge in [0.2, 0.25) is 15.9 Å². The van der Waals surface area contributed by atoms with E-state index in [-0.39, 0.29) is 10.8 Å². The fourth-order valence-electron chi connectivity index (χ4n) is 2.87. The van der Waals surface area contributed by atoms with Gasteiger partial charge in [-0.05, 0) is 54.6 Å². The van der Waals surface area contributed by atoms with Crippen molar-refractivity contribution in [1.82, 2.24) is 4.31 Å². The molecule has 1 N–H and O–H groups in total. The van der Waals surface area contributed by atoms with Crippen LogP contribution in [0.3, 0.4) is 0 Å². The Bertz CT molecular complexity index is 849. The summed E-state index contributed by atoms with van der Waals surface area (Å²) in [5, 5.41) is 4.69. The molecule has 2 heterocycles. The Labute approximate surface area is 158 Å². The minimum atomic E-state index is -3.46. The number of hydrogen-bond acceptors (Lipinski definition) is 4.